The quantitative estimate of drug-likeness (QED) is 0.763. The molecule has 2 aliphatic heterocycles. The average molecular weight is 347 g/mol. The molecule has 140 valence electrons. The number of hydrogen-bond donors (Lipinski definition) is 0. The molecule has 4 aliphatic rings. The van der Waals surface area contributed by atoms with Gasteiger partial charge in [0.1, 0.15) is 0 Å². The van der Waals surface area contributed by atoms with E-state index in [1.54, 1.807) is 0 Å². The lowest BCUT2D eigenvalue weighted by atomic mass is 9.81. The van der Waals surface area contributed by atoms with Crippen LogP contribution in [0.1, 0.15) is 57.8 Å². The van der Waals surface area contributed by atoms with Crippen LogP contribution in [-0.2, 0) is 14.3 Å². The van der Waals surface area contributed by atoms with Crippen molar-refractivity contribution in [3.05, 3.63) is 11.6 Å². The van der Waals surface area contributed by atoms with Crippen molar-refractivity contribution in [1.29, 1.82) is 0 Å². The molecule has 2 saturated heterocycles. The normalized spacial score (nSPS) is 33.4. The molecular formula is C21H33NO3. The molecule has 0 unspecified atom stereocenters. The van der Waals surface area contributed by atoms with Gasteiger partial charge in [-0.3, -0.25) is 4.79 Å². The summed E-state index contributed by atoms with van der Waals surface area (Å²) in [5.74, 6) is 1.63. The van der Waals surface area contributed by atoms with E-state index in [1.165, 1.54) is 32.1 Å². The van der Waals surface area contributed by atoms with Crippen molar-refractivity contribution in [2.75, 3.05) is 39.5 Å². The summed E-state index contributed by atoms with van der Waals surface area (Å²) in [6, 6.07) is 0. The topological polar surface area (TPSA) is 38.8 Å². The maximum absolute atomic E-state index is 12.9. The van der Waals surface area contributed by atoms with Gasteiger partial charge in [-0.25, -0.2) is 0 Å². The Morgan fingerprint density at radius 2 is 2.12 bits per heavy atom. The van der Waals surface area contributed by atoms with Gasteiger partial charge >= 0.3 is 0 Å². The molecule has 0 aromatic rings. The highest BCUT2D eigenvalue weighted by molar-refractivity contribution is 5.93. The van der Waals surface area contributed by atoms with E-state index in [9.17, 15) is 4.79 Å². The van der Waals surface area contributed by atoms with Crippen molar-refractivity contribution in [3.63, 3.8) is 0 Å². The molecule has 1 amide bonds. The van der Waals surface area contributed by atoms with E-state index < -0.39 is 0 Å². The summed E-state index contributed by atoms with van der Waals surface area (Å²) in [7, 11) is 0. The molecule has 2 atom stereocenters. The van der Waals surface area contributed by atoms with Gasteiger partial charge in [-0.1, -0.05) is 12.5 Å². The highest BCUT2D eigenvalue weighted by Crippen LogP contribution is 2.49. The fourth-order valence-corrected chi connectivity index (χ4v) is 5.38. The van der Waals surface area contributed by atoms with Crippen molar-refractivity contribution < 1.29 is 14.3 Å². The van der Waals surface area contributed by atoms with Gasteiger partial charge < -0.3 is 14.4 Å². The Kier molecular flexibility index (Phi) is 5.47. The zero-order valence-corrected chi connectivity index (χ0v) is 15.5. The van der Waals surface area contributed by atoms with Crippen molar-refractivity contribution in [1.82, 2.24) is 4.90 Å². The lowest BCUT2D eigenvalue weighted by Crippen LogP contribution is -2.36. The van der Waals surface area contributed by atoms with Crippen LogP contribution in [0.3, 0.4) is 0 Å². The molecule has 25 heavy (non-hydrogen) atoms. The molecule has 1 saturated carbocycles. The molecular weight excluding hydrogens is 314 g/mol. The Labute approximate surface area is 151 Å². The standard InChI is InChI=1S/C21H33NO3/c23-20(18-5-2-1-3-6-18)22-13-19-7-4-10-21(19,15-22)16-25-14-17-8-11-24-12-9-17/h5,17,19H,1-4,6-16H2/t19-,21+/m1/s1. The van der Waals surface area contributed by atoms with Gasteiger partial charge in [0.25, 0.3) is 0 Å². The van der Waals surface area contributed by atoms with Crippen LogP contribution in [0.4, 0.5) is 0 Å². The third-order valence-electron chi connectivity index (χ3n) is 6.98. The Balaban J connectivity index is 1.33. The van der Waals surface area contributed by atoms with Gasteiger partial charge in [-0.15, -0.1) is 0 Å². The molecule has 0 spiro atoms. The van der Waals surface area contributed by atoms with Gasteiger partial charge in [0, 0.05) is 43.9 Å². The van der Waals surface area contributed by atoms with Crippen LogP contribution < -0.4 is 0 Å². The van der Waals surface area contributed by atoms with Crippen LogP contribution in [0, 0.1) is 17.3 Å². The summed E-state index contributed by atoms with van der Waals surface area (Å²) < 4.78 is 11.7. The minimum absolute atomic E-state index is 0.232. The number of carbonyl (C=O) groups excluding carboxylic acids is 1. The van der Waals surface area contributed by atoms with Crippen molar-refractivity contribution in [2.45, 2.75) is 57.8 Å². The molecule has 0 N–H and O–H groups in total. The molecule has 4 nitrogen and oxygen atoms in total. The first kappa shape index (κ1) is 17.5. The molecule has 0 aromatic heterocycles. The van der Waals surface area contributed by atoms with Crippen LogP contribution in [0.5, 0.6) is 0 Å². The summed E-state index contributed by atoms with van der Waals surface area (Å²) in [5.41, 5.74) is 1.31. The second-order valence-corrected chi connectivity index (χ2v) is 8.68. The van der Waals surface area contributed by atoms with E-state index in [4.69, 9.17) is 9.47 Å². The van der Waals surface area contributed by atoms with Crippen molar-refractivity contribution in [3.8, 4) is 0 Å². The molecule has 3 fully saturated rings. The number of hydrogen-bond acceptors (Lipinski definition) is 3. The van der Waals surface area contributed by atoms with E-state index in [-0.39, 0.29) is 5.41 Å². The van der Waals surface area contributed by atoms with Crippen LogP contribution >= 0.6 is 0 Å². The van der Waals surface area contributed by atoms with Gasteiger partial charge in [0.2, 0.25) is 5.91 Å². The van der Waals surface area contributed by atoms with Gasteiger partial charge in [0.15, 0.2) is 0 Å². The smallest absolute Gasteiger partial charge is 0.249 e. The summed E-state index contributed by atoms with van der Waals surface area (Å²) >= 11 is 0. The van der Waals surface area contributed by atoms with Crippen LogP contribution in [0.2, 0.25) is 0 Å². The van der Waals surface area contributed by atoms with E-state index in [0.29, 0.717) is 17.7 Å². The number of amides is 1. The fraction of sp³-hybridized carbons (Fsp3) is 0.857. The number of carbonyl (C=O) groups is 1. The minimum atomic E-state index is 0.232. The molecule has 0 aromatic carbocycles. The van der Waals surface area contributed by atoms with Crippen LogP contribution in [0.15, 0.2) is 11.6 Å². The third-order valence-corrected chi connectivity index (χ3v) is 6.98. The van der Waals surface area contributed by atoms with E-state index >= 15 is 0 Å². The zero-order chi connectivity index (χ0) is 17.1. The largest absolute Gasteiger partial charge is 0.381 e. The Hall–Kier alpha value is -0.870. The second kappa shape index (κ2) is 7.79. The number of rotatable bonds is 5. The maximum Gasteiger partial charge on any atom is 0.249 e. The lowest BCUT2D eigenvalue weighted by Gasteiger charge is -2.30. The van der Waals surface area contributed by atoms with E-state index in [0.717, 1.165) is 70.8 Å². The zero-order valence-electron chi connectivity index (χ0n) is 15.5. The predicted octanol–water partition coefficient (Wildman–Crippen LogP) is 3.56. The summed E-state index contributed by atoms with van der Waals surface area (Å²) in [6.45, 7) is 5.37. The van der Waals surface area contributed by atoms with Crippen molar-refractivity contribution in [2.24, 2.45) is 17.3 Å². The molecule has 4 rings (SSSR count). The van der Waals surface area contributed by atoms with Gasteiger partial charge in [-0.2, -0.15) is 0 Å². The summed E-state index contributed by atoms with van der Waals surface area (Å²) in [6.07, 6.45) is 12.7. The highest BCUT2D eigenvalue weighted by Gasteiger charge is 2.51. The van der Waals surface area contributed by atoms with E-state index in [1.807, 2.05) is 0 Å². The predicted molar refractivity (Wildman–Crippen MR) is 97.3 cm³/mol. The fourth-order valence-electron chi connectivity index (χ4n) is 5.38. The van der Waals surface area contributed by atoms with Crippen LogP contribution in [0.25, 0.3) is 0 Å². The monoisotopic (exact) mass is 347 g/mol. The molecule has 4 heteroatoms. The molecule has 0 radical (unpaired) electrons. The summed E-state index contributed by atoms with van der Waals surface area (Å²) in [4.78, 5) is 15.0. The number of nitrogens with zero attached hydrogens (tertiary/aromatic N) is 1. The average Bonchev–Trinajstić information content (AvgIpc) is 3.20. The van der Waals surface area contributed by atoms with Crippen molar-refractivity contribution >= 4 is 5.91 Å². The number of likely N-dealkylation sites (tertiary alicyclic amines) is 1. The number of ether oxygens (including phenoxy) is 2. The number of fused-ring (bicyclic) bond motifs is 1. The first-order valence-electron chi connectivity index (χ1n) is 10.4. The first-order valence-corrected chi connectivity index (χ1v) is 10.4. The Morgan fingerprint density at radius 3 is 2.92 bits per heavy atom. The molecule has 2 aliphatic carbocycles. The third kappa shape index (κ3) is 3.80. The number of allylic oxidation sites excluding steroid dienone is 1. The SMILES string of the molecule is O=C(C1=CCCCC1)N1C[C@H]2CCC[C@@]2(COCC2CCOCC2)C1. The van der Waals surface area contributed by atoms with Gasteiger partial charge in [0.05, 0.1) is 6.61 Å². The van der Waals surface area contributed by atoms with Crippen LogP contribution in [-0.4, -0.2) is 50.3 Å². The second-order valence-electron chi connectivity index (χ2n) is 8.68. The Morgan fingerprint density at radius 1 is 1.24 bits per heavy atom. The molecule has 0 bridgehead atoms. The Bertz CT molecular complexity index is 511. The lowest BCUT2D eigenvalue weighted by molar-refractivity contribution is -0.127. The van der Waals surface area contributed by atoms with Gasteiger partial charge in [-0.05, 0) is 63.2 Å². The minimum Gasteiger partial charge on any atom is -0.381 e. The van der Waals surface area contributed by atoms with E-state index in [2.05, 4.69) is 11.0 Å². The summed E-state index contributed by atoms with van der Waals surface area (Å²) in [5, 5.41) is 0. The highest BCUT2D eigenvalue weighted by atomic mass is 16.5. The maximum atomic E-state index is 12.9. The first-order chi connectivity index (χ1) is 12.3. The molecule has 2 heterocycles.